The fourth-order valence-corrected chi connectivity index (χ4v) is 1.59. The summed E-state index contributed by atoms with van der Waals surface area (Å²) in [4.78, 5) is 11.1. The number of methoxy groups -OCH3 is 1. The van der Waals surface area contributed by atoms with Gasteiger partial charge in [0, 0.05) is 12.1 Å². The molecule has 0 atom stereocenters. The summed E-state index contributed by atoms with van der Waals surface area (Å²) < 4.78 is 4.64. The molecule has 2 N–H and O–H groups in total. The largest absolute Gasteiger partial charge is 0.504 e. The standard InChI is InChI=1S/C10H18N2O2/c1-14-8-7-10(13)12-11-9-5-3-2-4-6-9/h7-9,11H,2-6H2,1H3,(H,12,13)/b8-7+. The van der Waals surface area contributed by atoms with Crippen LogP contribution >= 0.6 is 0 Å². The number of amides is 1. The highest BCUT2D eigenvalue weighted by molar-refractivity contribution is 5.86. The zero-order chi connectivity index (χ0) is 10.2. The molecule has 0 spiro atoms. The molecule has 0 bridgehead atoms. The average molecular weight is 198 g/mol. The molecular weight excluding hydrogens is 180 g/mol. The number of ether oxygens (including phenoxy) is 1. The predicted molar refractivity (Wildman–Crippen MR) is 54.3 cm³/mol. The minimum atomic E-state index is -0.169. The van der Waals surface area contributed by atoms with Crippen LogP contribution in [0.1, 0.15) is 32.1 Å². The van der Waals surface area contributed by atoms with Gasteiger partial charge in [-0.1, -0.05) is 19.3 Å². The van der Waals surface area contributed by atoms with Crippen LogP contribution < -0.4 is 10.9 Å². The van der Waals surface area contributed by atoms with Gasteiger partial charge in [-0.15, -0.1) is 0 Å². The van der Waals surface area contributed by atoms with Crippen LogP contribution in [0.25, 0.3) is 0 Å². The van der Waals surface area contributed by atoms with Crippen LogP contribution in [0.15, 0.2) is 12.3 Å². The van der Waals surface area contributed by atoms with E-state index in [1.54, 1.807) is 0 Å². The van der Waals surface area contributed by atoms with Crippen molar-refractivity contribution in [2.45, 2.75) is 38.1 Å². The lowest BCUT2D eigenvalue weighted by molar-refractivity contribution is -0.117. The minimum absolute atomic E-state index is 0.169. The van der Waals surface area contributed by atoms with E-state index in [0.717, 1.165) is 12.8 Å². The second-order valence-electron chi connectivity index (χ2n) is 3.51. The monoisotopic (exact) mass is 198 g/mol. The number of hydrogen-bond acceptors (Lipinski definition) is 3. The zero-order valence-corrected chi connectivity index (χ0v) is 8.58. The maximum absolute atomic E-state index is 11.1. The van der Waals surface area contributed by atoms with Gasteiger partial charge in [0.1, 0.15) is 0 Å². The number of carbonyl (C=O) groups is 1. The summed E-state index contributed by atoms with van der Waals surface area (Å²) in [5.41, 5.74) is 5.66. The number of nitrogens with one attached hydrogen (secondary N) is 2. The summed E-state index contributed by atoms with van der Waals surface area (Å²) in [6.07, 6.45) is 8.83. The van der Waals surface area contributed by atoms with Crippen LogP contribution in [0.5, 0.6) is 0 Å². The van der Waals surface area contributed by atoms with Crippen LogP contribution in [-0.2, 0) is 9.53 Å². The molecule has 4 heteroatoms. The molecule has 80 valence electrons. The quantitative estimate of drug-likeness (QED) is 0.404. The molecule has 0 aromatic carbocycles. The Balaban J connectivity index is 2.12. The lowest BCUT2D eigenvalue weighted by atomic mass is 9.96. The first-order chi connectivity index (χ1) is 6.83. The summed E-state index contributed by atoms with van der Waals surface area (Å²) >= 11 is 0. The molecule has 14 heavy (non-hydrogen) atoms. The van der Waals surface area contributed by atoms with Crippen LogP contribution in [-0.4, -0.2) is 19.1 Å². The molecule has 0 heterocycles. The first kappa shape index (κ1) is 11.0. The smallest absolute Gasteiger partial charge is 0.261 e. The second kappa shape index (κ2) is 6.43. The minimum Gasteiger partial charge on any atom is -0.504 e. The maximum Gasteiger partial charge on any atom is 0.261 e. The second-order valence-corrected chi connectivity index (χ2v) is 3.51. The molecule has 0 aromatic rings. The van der Waals surface area contributed by atoms with Gasteiger partial charge in [0.05, 0.1) is 13.4 Å². The lowest BCUT2D eigenvalue weighted by Gasteiger charge is -2.22. The lowest BCUT2D eigenvalue weighted by Crippen LogP contribution is -2.44. The van der Waals surface area contributed by atoms with E-state index in [9.17, 15) is 4.79 Å². The molecule has 1 aliphatic carbocycles. The van der Waals surface area contributed by atoms with Crippen LogP contribution in [0.3, 0.4) is 0 Å². The number of hydrazine groups is 1. The molecule has 1 amide bonds. The van der Waals surface area contributed by atoms with Gasteiger partial charge in [-0.2, -0.15) is 0 Å². The summed E-state index contributed by atoms with van der Waals surface area (Å²) in [7, 11) is 1.51. The normalized spacial score (nSPS) is 18.4. The third-order valence-electron chi connectivity index (χ3n) is 2.36. The van der Waals surface area contributed by atoms with E-state index < -0.39 is 0 Å². The molecule has 1 aliphatic rings. The number of hydrogen-bond donors (Lipinski definition) is 2. The zero-order valence-electron chi connectivity index (χ0n) is 8.58. The molecular formula is C10H18N2O2. The van der Waals surface area contributed by atoms with E-state index >= 15 is 0 Å². The third-order valence-corrected chi connectivity index (χ3v) is 2.36. The summed E-state index contributed by atoms with van der Waals surface area (Å²) in [5, 5.41) is 0. The number of carbonyl (C=O) groups excluding carboxylic acids is 1. The molecule has 0 unspecified atom stereocenters. The van der Waals surface area contributed by atoms with Gasteiger partial charge in [0.15, 0.2) is 0 Å². The highest BCUT2D eigenvalue weighted by atomic mass is 16.5. The first-order valence-electron chi connectivity index (χ1n) is 5.08. The van der Waals surface area contributed by atoms with Crippen molar-refractivity contribution in [2.75, 3.05) is 7.11 Å². The molecule has 0 aliphatic heterocycles. The summed E-state index contributed by atoms with van der Waals surface area (Å²) in [6, 6.07) is 0.434. The Labute approximate surface area is 84.7 Å². The Morgan fingerprint density at radius 2 is 2.07 bits per heavy atom. The Bertz CT molecular complexity index is 198. The van der Waals surface area contributed by atoms with E-state index in [2.05, 4.69) is 15.6 Å². The molecule has 4 nitrogen and oxygen atoms in total. The molecule has 0 aromatic heterocycles. The van der Waals surface area contributed by atoms with Gasteiger partial charge in [0.25, 0.3) is 5.91 Å². The number of rotatable bonds is 4. The molecule has 1 saturated carbocycles. The average Bonchev–Trinajstić information content (AvgIpc) is 2.25. The fraction of sp³-hybridized carbons (Fsp3) is 0.700. The summed E-state index contributed by atoms with van der Waals surface area (Å²) in [6.45, 7) is 0. The third kappa shape index (κ3) is 4.28. The van der Waals surface area contributed by atoms with Crippen molar-refractivity contribution in [3.8, 4) is 0 Å². The van der Waals surface area contributed by atoms with Crippen molar-refractivity contribution in [2.24, 2.45) is 0 Å². The van der Waals surface area contributed by atoms with Gasteiger partial charge < -0.3 is 4.74 Å². The highest BCUT2D eigenvalue weighted by Gasteiger charge is 2.12. The summed E-state index contributed by atoms with van der Waals surface area (Å²) in [5.74, 6) is -0.169. The highest BCUT2D eigenvalue weighted by Crippen LogP contribution is 2.16. The van der Waals surface area contributed by atoms with E-state index in [1.165, 1.54) is 38.7 Å². The van der Waals surface area contributed by atoms with Crippen molar-refractivity contribution < 1.29 is 9.53 Å². The Morgan fingerprint density at radius 1 is 1.36 bits per heavy atom. The van der Waals surface area contributed by atoms with Crippen molar-refractivity contribution in [1.29, 1.82) is 0 Å². The van der Waals surface area contributed by atoms with Gasteiger partial charge in [-0.25, -0.2) is 5.43 Å². The van der Waals surface area contributed by atoms with E-state index in [1.807, 2.05) is 0 Å². The van der Waals surface area contributed by atoms with Crippen molar-refractivity contribution in [1.82, 2.24) is 10.9 Å². The van der Waals surface area contributed by atoms with E-state index in [0.29, 0.717) is 6.04 Å². The molecule has 0 saturated heterocycles. The van der Waals surface area contributed by atoms with E-state index in [-0.39, 0.29) is 5.91 Å². The predicted octanol–water partition coefficient (Wildman–Crippen LogP) is 1.10. The SMILES string of the molecule is CO/C=C/C(=O)NNC1CCCCC1. The van der Waals surface area contributed by atoms with Gasteiger partial charge in [-0.05, 0) is 12.8 Å². The Hall–Kier alpha value is -1.03. The van der Waals surface area contributed by atoms with Crippen LogP contribution in [0, 0.1) is 0 Å². The fourth-order valence-electron chi connectivity index (χ4n) is 1.59. The van der Waals surface area contributed by atoms with Gasteiger partial charge in [0.2, 0.25) is 0 Å². The van der Waals surface area contributed by atoms with E-state index in [4.69, 9.17) is 0 Å². The molecule has 0 radical (unpaired) electrons. The van der Waals surface area contributed by atoms with Gasteiger partial charge in [-0.3, -0.25) is 10.2 Å². The maximum atomic E-state index is 11.1. The Morgan fingerprint density at radius 3 is 2.71 bits per heavy atom. The Kier molecular flexibility index (Phi) is 5.07. The van der Waals surface area contributed by atoms with Crippen molar-refractivity contribution in [3.05, 3.63) is 12.3 Å². The van der Waals surface area contributed by atoms with Crippen LogP contribution in [0.2, 0.25) is 0 Å². The van der Waals surface area contributed by atoms with Gasteiger partial charge >= 0.3 is 0 Å². The van der Waals surface area contributed by atoms with Crippen LogP contribution in [0.4, 0.5) is 0 Å². The molecule has 1 rings (SSSR count). The first-order valence-corrected chi connectivity index (χ1v) is 5.08. The van der Waals surface area contributed by atoms with Crippen molar-refractivity contribution in [3.63, 3.8) is 0 Å². The topological polar surface area (TPSA) is 50.4 Å². The molecule has 1 fully saturated rings. The van der Waals surface area contributed by atoms with Crippen molar-refractivity contribution >= 4 is 5.91 Å².